The van der Waals surface area contributed by atoms with Gasteiger partial charge in [-0.05, 0) is 17.2 Å². The largest absolute Gasteiger partial charge is 0.392 e. The SMILES string of the molecule is NCC1CN(c2ncnc3[nH]cc(-c4cccc(CO)c4)c23)CCO1. The number of hydrogen-bond acceptors (Lipinski definition) is 6. The number of nitrogens with zero attached hydrogens (tertiary/aromatic N) is 3. The Bertz CT molecular complexity index is 879. The average Bonchev–Trinajstić information content (AvgIpc) is 3.12. The van der Waals surface area contributed by atoms with E-state index in [1.54, 1.807) is 6.33 Å². The van der Waals surface area contributed by atoms with Crippen molar-refractivity contribution in [1.82, 2.24) is 15.0 Å². The van der Waals surface area contributed by atoms with Crippen molar-refractivity contribution in [3.8, 4) is 11.1 Å². The normalized spacial score (nSPS) is 18.0. The van der Waals surface area contributed by atoms with Gasteiger partial charge in [0.2, 0.25) is 0 Å². The second-order valence-electron chi connectivity index (χ2n) is 6.16. The molecule has 0 spiro atoms. The third-order valence-corrected chi connectivity index (χ3v) is 4.57. The summed E-state index contributed by atoms with van der Waals surface area (Å²) in [6, 6.07) is 7.87. The first-order chi connectivity index (χ1) is 12.3. The fourth-order valence-electron chi connectivity index (χ4n) is 3.31. The molecule has 0 saturated carbocycles. The molecule has 0 bridgehead atoms. The van der Waals surface area contributed by atoms with Crippen molar-refractivity contribution in [2.24, 2.45) is 5.73 Å². The first-order valence-electron chi connectivity index (χ1n) is 8.39. The van der Waals surface area contributed by atoms with Crippen molar-refractivity contribution in [3.05, 3.63) is 42.4 Å². The summed E-state index contributed by atoms with van der Waals surface area (Å²) in [5.41, 5.74) is 9.50. The van der Waals surface area contributed by atoms with Gasteiger partial charge in [0.1, 0.15) is 17.8 Å². The lowest BCUT2D eigenvalue weighted by Crippen LogP contribution is -2.46. The number of aromatic amines is 1. The monoisotopic (exact) mass is 339 g/mol. The lowest BCUT2D eigenvalue weighted by molar-refractivity contribution is 0.0464. The van der Waals surface area contributed by atoms with Crippen molar-refractivity contribution in [2.45, 2.75) is 12.7 Å². The Kier molecular flexibility index (Phi) is 4.35. The molecule has 0 amide bonds. The van der Waals surface area contributed by atoms with E-state index in [9.17, 15) is 5.11 Å². The van der Waals surface area contributed by atoms with Crippen molar-refractivity contribution in [3.63, 3.8) is 0 Å². The number of aromatic nitrogens is 3. The first kappa shape index (κ1) is 16.0. The van der Waals surface area contributed by atoms with Gasteiger partial charge in [-0.15, -0.1) is 0 Å². The van der Waals surface area contributed by atoms with Gasteiger partial charge in [-0.2, -0.15) is 0 Å². The van der Waals surface area contributed by atoms with Crippen LogP contribution in [0.25, 0.3) is 22.2 Å². The number of ether oxygens (including phenoxy) is 1. The Labute approximate surface area is 145 Å². The number of rotatable bonds is 4. The summed E-state index contributed by atoms with van der Waals surface area (Å²) in [5.74, 6) is 0.886. The smallest absolute Gasteiger partial charge is 0.143 e. The molecule has 25 heavy (non-hydrogen) atoms. The molecule has 0 radical (unpaired) electrons. The van der Waals surface area contributed by atoms with Crippen LogP contribution in [-0.2, 0) is 11.3 Å². The molecule has 130 valence electrons. The highest BCUT2D eigenvalue weighted by Crippen LogP contribution is 2.34. The summed E-state index contributed by atoms with van der Waals surface area (Å²) >= 11 is 0. The van der Waals surface area contributed by atoms with E-state index in [1.165, 1.54) is 0 Å². The Balaban J connectivity index is 1.81. The number of H-pyrrole nitrogens is 1. The molecule has 4 rings (SSSR count). The number of fused-ring (bicyclic) bond motifs is 1. The standard InChI is InChI=1S/C18H21N5O2/c19-7-14-9-23(4-5-25-14)18-16-15(8-20-17(16)21-11-22-18)13-3-1-2-12(6-13)10-24/h1-3,6,8,11,14,24H,4-5,7,9-10,19H2,(H,20,21,22). The molecule has 4 N–H and O–H groups in total. The maximum absolute atomic E-state index is 9.42. The van der Waals surface area contributed by atoms with E-state index in [2.05, 4.69) is 19.9 Å². The van der Waals surface area contributed by atoms with E-state index >= 15 is 0 Å². The molecule has 7 nitrogen and oxygen atoms in total. The van der Waals surface area contributed by atoms with E-state index in [0.717, 1.165) is 40.1 Å². The van der Waals surface area contributed by atoms with E-state index in [4.69, 9.17) is 10.5 Å². The van der Waals surface area contributed by atoms with Gasteiger partial charge < -0.3 is 25.5 Å². The van der Waals surface area contributed by atoms with Crippen LogP contribution in [0.4, 0.5) is 5.82 Å². The molecule has 1 aromatic carbocycles. The number of hydrogen-bond donors (Lipinski definition) is 3. The van der Waals surface area contributed by atoms with Crippen LogP contribution in [0.1, 0.15) is 5.56 Å². The molecular formula is C18H21N5O2. The number of anilines is 1. The number of aliphatic hydroxyl groups excluding tert-OH is 1. The third kappa shape index (κ3) is 2.97. The van der Waals surface area contributed by atoms with Gasteiger partial charge in [-0.1, -0.05) is 18.2 Å². The minimum atomic E-state index is 0.0128. The number of nitrogens with two attached hydrogens (primary N) is 1. The van der Waals surface area contributed by atoms with Gasteiger partial charge in [0, 0.05) is 31.4 Å². The molecule has 1 atom stereocenters. The van der Waals surface area contributed by atoms with E-state index in [-0.39, 0.29) is 12.7 Å². The number of benzene rings is 1. The van der Waals surface area contributed by atoms with E-state index in [0.29, 0.717) is 19.7 Å². The molecule has 0 aliphatic carbocycles. The van der Waals surface area contributed by atoms with Gasteiger partial charge in [-0.25, -0.2) is 9.97 Å². The number of morpholine rings is 1. The Hall–Kier alpha value is -2.48. The molecule has 2 aromatic heterocycles. The second kappa shape index (κ2) is 6.79. The summed E-state index contributed by atoms with van der Waals surface area (Å²) in [4.78, 5) is 14.4. The Morgan fingerprint density at radius 2 is 2.28 bits per heavy atom. The van der Waals surface area contributed by atoms with Crippen LogP contribution in [-0.4, -0.2) is 52.4 Å². The predicted octanol–water partition coefficient (Wildman–Crippen LogP) is 1.28. The van der Waals surface area contributed by atoms with Crippen LogP contribution >= 0.6 is 0 Å². The van der Waals surface area contributed by atoms with Gasteiger partial charge in [0.05, 0.1) is 24.7 Å². The van der Waals surface area contributed by atoms with E-state index < -0.39 is 0 Å². The third-order valence-electron chi connectivity index (χ3n) is 4.57. The van der Waals surface area contributed by atoms with Gasteiger partial charge in [0.25, 0.3) is 0 Å². The molecule has 1 fully saturated rings. The zero-order chi connectivity index (χ0) is 17.2. The zero-order valence-corrected chi connectivity index (χ0v) is 13.9. The molecule has 3 aromatic rings. The number of nitrogens with one attached hydrogen (secondary N) is 1. The van der Waals surface area contributed by atoms with Gasteiger partial charge >= 0.3 is 0 Å². The van der Waals surface area contributed by atoms with Crippen LogP contribution in [0.3, 0.4) is 0 Å². The summed E-state index contributed by atoms with van der Waals surface area (Å²) in [7, 11) is 0. The maximum Gasteiger partial charge on any atom is 0.143 e. The van der Waals surface area contributed by atoms with Crippen molar-refractivity contribution >= 4 is 16.9 Å². The summed E-state index contributed by atoms with van der Waals surface area (Å²) in [6.07, 6.45) is 3.54. The molecular weight excluding hydrogens is 318 g/mol. The first-order valence-corrected chi connectivity index (χ1v) is 8.39. The van der Waals surface area contributed by atoms with Crippen LogP contribution in [0.2, 0.25) is 0 Å². The molecule has 7 heteroatoms. The zero-order valence-electron chi connectivity index (χ0n) is 13.9. The highest BCUT2D eigenvalue weighted by atomic mass is 16.5. The average molecular weight is 339 g/mol. The van der Waals surface area contributed by atoms with Gasteiger partial charge in [-0.3, -0.25) is 0 Å². The van der Waals surface area contributed by atoms with Crippen LogP contribution in [0, 0.1) is 0 Å². The number of aliphatic hydroxyl groups is 1. The topological polar surface area (TPSA) is 100 Å². The minimum absolute atomic E-state index is 0.0128. The maximum atomic E-state index is 9.42. The highest BCUT2D eigenvalue weighted by Gasteiger charge is 2.24. The molecule has 3 heterocycles. The minimum Gasteiger partial charge on any atom is -0.392 e. The fourth-order valence-corrected chi connectivity index (χ4v) is 3.31. The summed E-state index contributed by atoms with van der Waals surface area (Å²) < 4.78 is 5.67. The lowest BCUT2D eigenvalue weighted by atomic mass is 10.0. The van der Waals surface area contributed by atoms with Crippen LogP contribution in [0.15, 0.2) is 36.8 Å². The summed E-state index contributed by atoms with van der Waals surface area (Å²) in [6.45, 7) is 2.62. The van der Waals surface area contributed by atoms with Crippen LogP contribution in [0.5, 0.6) is 0 Å². The lowest BCUT2D eigenvalue weighted by Gasteiger charge is -2.33. The van der Waals surface area contributed by atoms with Crippen molar-refractivity contribution in [2.75, 3.05) is 31.1 Å². The second-order valence-corrected chi connectivity index (χ2v) is 6.16. The van der Waals surface area contributed by atoms with Gasteiger partial charge in [0.15, 0.2) is 0 Å². The predicted molar refractivity (Wildman–Crippen MR) is 96.3 cm³/mol. The fraction of sp³-hybridized carbons (Fsp3) is 0.333. The Morgan fingerprint density at radius 1 is 1.36 bits per heavy atom. The molecule has 1 aliphatic heterocycles. The Morgan fingerprint density at radius 3 is 3.12 bits per heavy atom. The van der Waals surface area contributed by atoms with E-state index in [1.807, 2.05) is 30.5 Å². The molecule has 1 unspecified atom stereocenters. The molecule has 1 saturated heterocycles. The molecule has 1 aliphatic rings. The summed E-state index contributed by atoms with van der Waals surface area (Å²) in [5, 5.41) is 10.4. The quantitative estimate of drug-likeness (QED) is 0.662. The van der Waals surface area contributed by atoms with Crippen LogP contribution < -0.4 is 10.6 Å². The van der Waals surface area contributed by atoms with Crippen molar-refractivity contribution in [1.29, 1.82) is 0 Å². The highest BCUT2D eigenvalue weighted by molar-refractivity contribution is 6.01. The van der Waals surface area contributed by atoms with Crippen molar-refractivity contribution < 1.29 is 9.84 Å².